The maximum Gasteiger partial charge on any atom is 0.267 e. The third-order valence-electron chi connectivity index (χ3n) is 3.21. The quantitative estimate of drug-likeness (QED) is 0.158. The molecular weight excluding hydrogens is 338 g/mol. The Hall–Kier alpha value is -2.84. The number of carbonyl (C=O) groups excluding carboxylic acids is 1. The lowest BCUT2D eigenvalue weighted by atomic mass is 10.3. The van der Waals surface area contributed by atoms with Crippen molar-refractivity contribution in [3.05, 3.63) is 58.8 Å². The summed E-state index contributed by atoms with van der Waals surface area (Å²) in [5, 5.41) is 18.4. The highest BCUT2D eigenvalue weighted by Gasteiger charge is 2.12. The van der Waals surface area contributed by atoms with E-state index in [0.717, 1.165) is 15.6 Å². The normalized spacial score (nSPS) is 11.5. The Morgan fingerprint density at radius 1 is 1.40 bits per heavy atom. The molecule has 0 saturated heterocycles. The number of aliphatic imine (C=N–C) groups is 1. The second-order valence-corrected chi connectivity index (χ2v) is 6.05. The number of anilines is 1. The first-order valence-corrected chi connectivity index (χ1v) is 8.49. The highest BCUT2D eigenvalue weighted by molar-refractivity contribution is 7.09. The van der Waals surface area contributed by atoms with Crippen molar-refractivity contribution in [2.45, 2.75) is 6.54 Å². The molecule has 0 aliphatic rings. The summed E-state index contributed by atoms with van der Waals surface area (Å²) in [6.45, 7) is 0.971. The van der Waals surface area contributed by atoms with Crippen molar-refractivity contribution in [3.8, 4) is 5.75 Å². The van der Waals surface area contributed by atoms with Crippen molar-refractivity contribution in [2.75, 3.05) is 18.9 Å². The van der Waals surface area contributed by atoms with Crippen molar-refractivity contribution in [2.24, 2.45) is 10.8 Å². The summed E-state index contributed by atoms with van der Waals surface area (Å²) in [4.78, 5) is 17.2. The van der Waals surface area contributed by atoms with Crippen LogP contribution < -0.4 is 16.5 Å². The summed E-state index contributed by atoms with van der Waals surface area (Å²) in [6.07, 6.45) is 3.02. The monoisotopic (exact) mass is 359 g/mol. The zero-order chi connectivity index (χ0) is 18.1. The molecule has 5 N–H and O–H groups in total. The third kappa shape index (κ3) is 5.94. The van der Waals surface area contributed by atoms with Gasteiger partial charge in [-0.05, 0) is 23.6 Å². The number of nitrogens with one attached hydrogen (secondary N) is 2. The first-order valence-electron chi connectivity index (χ1n) is 7.61. The van der Waals surface area contributed by atoms with Crippen molar-refractivity contribution < 1.29 is 9.90 Å². The first kappa shape index (κ1) is 18.5. The number of hydrogen-bond acceptors (Lipinski definition) is 6. The molecule has 0 saturated carbocycles. The molecule has 1 heterocycles. The van der Waals surface area contributed by atoms with Crippen LogP contribution in [0.15, 0.2) is 58.9 Å². The van der Waals surface area contributed by atoms with Crippen LogP contribution in [0, 0.1) is 0 Å². The number of nitrogens with two attached hydrogens (primary N) is 1. The number of guanidine groups is 1. The molecule has 8 heteroatoms. The molecule has 0 aliphatic heterocycles. The molecule has 0 fully saturated rings. The maximum atomic E-state index is 12.1. The SMILES string of the molecule is CN=C(NCc1cccs1)N(N)C(=O)/C=C/CNc1cccc(O)c1. The molecule has 25 heavy (non-hydrogen) atoms. The van der Waals surface area contributed by atoms with Gasteiger partial charge in [0.1, 0.15) is 5.75 Å². The number of hydrazine groups is 1. The van der Waals surface area contributed by atoms with Gasteiger partial charge in [0.25, 0.3) is 5.91 Å². The lowest BCUT2D eigenvalue weighted by Crippen LogP contribution is -2.48. The second kappa shape index (κ2) is 9.45. The summed E-state index contributed by atoms with van der Waals surface area (Å²) < 4.78 is 0. The Morgan fingerprint density at radius 3 is 2.92 bits per heavy atom. The topological polar surface area (TPSA) is 103 Å². The van der Waals surface area contributed by atoms with Gasteiger partial charge in [0.05, 0.1) is 6.54 Å². The van der Waals surface area contributed by atoms with Gasteiger partial charge in [0.15, 0.2) is 0 Å². The zero-order valence-corrected chi connectivity index (χ0v) is 14.7. The first-order chi connectivity index (χ1) is 12.1. The molecule has 1 amide bonds. The molecular formula is C17H21N5O2S. The van der Waals surface area contributed by atoms with E-state index >= 15 is 0 Å². The highest BCUT2D eigenvalue weighted by atomic mass is 32.1. The lowest BCUT2D eigenvalue weighted by molar-refractivity contribution is -0.122. The number of phenols is 1. The maximum absolute atomic E-state index is 12.1. The van der Waals surface area contributed by atoms with E-state index in [-0.39, 0.29) is 5.75 Å². The van der Waals surface area contributed by atoms with Gasteiger partial charge in [-0.2, -0.15) is 0 Å². The smallest absolute Gasteiger partial charge is 0.267 e. The molecule has 1 aromatic carbocycles. The highest BCUT2D eigenvalue weighted by Crippen LogP contribution is 2.14. The molecule has 0 radical (unpaired) electrons. The zero-order valence-electron chi connectivity index (χ0n) is 13.8. The van der Waals surface area contributed by atoms with Crippen LogP contribution in [0.2, 0.25) is 0 Å². The summed E-state index contributed by atoms with van der Waals surface area (Å²) in [5.41, 5.74) is 0.759. The fourth-order valence-electron chi connectivity index (χ4n) is 1.99. The van der Waals surface area contributed by atoms with Crippen LogP contribution in [0.25, 0.3) is 0 Å². The molecule has 7 nitrogen and oxygen atoms in total. The number of aromatic hydroxyl groups is 1. The fraction of sp³-hybridized carbons (Fsp3) is 0.176. The number of hydrogen-bond donors (Lipinski definition) is 4. The molecule has 2 aromatic rings. The minimum atomic E-state index is -0.392. The Morgan fingerprint density at radius 2 is 2.24 bits per heavy atom. The predicted octanol–water partition coefficient (Wildman–Crippen LogP) is 1.90. The van der Waals surface area contributed by atoms with Gasteiger partial charge in [-0.1, -0.05) is 18.2 Å². The number of thiophene rings is 1. The number of carbonyl (C=O) groups is 1. The Balaban J connectivity index is 1.81. The fourth-order valence-corrected chi connectivity index (χ4v) is 2.63. The van der Waals surface area contributed by atoms with E-state index in [0.29, 0.717) is 19.0 Å². The number of nitrogens with zero attached hydrogens (tertiary/aromatic N) is 2. The molecule has 0 atom stereocenters. The second-order valence-electron chi connectivity index (χ2n) is 5.02. The van der Waals surface area contributed by atoms with Crippen LogP contribution in [0.3, 0.4) is 0 Å². The molecule has 0 bridgehead atoms. The van der Waals surface area contributed by atoms with Crippen LogP contribution in [0.4, 0.5) is 5.69 Å². The van der Waals surface area contributed by atoms with Gasteiger partial charge in [-0.25, -0.2) is 10.9 Å². The van der Waals surface area contributed by atoms with Crippen molar-refractivity contribution in [1.82, 2.24) is 10.3 Å². The molecule has 1 aromatic heterocycles. The Bertz CT molecular complexity index is 743. The van der Waals surface area contributed by atoms with Gasteiger partial charge < -0.3 is 15.7 Å². The number of amides is 1. The van der Waals surface area contributed by atoms with Gasteiger partial charge >= 0.3 is 0 Å². The minimum absolute atomic E-state index is 0.179. The summed E-state index contributed by atoms with van der Waals surface area (Å²) in [5.74, 6) is 5.90. The molecule has 132 valence electrons. The van der Waals surface area contributed by atoms with Gasteiger partial charge in [-0.3, -0.25) is 9.79 Å². The predicted molar refractivity (Wildman–Crippen MR) is 101 cm³/mol. The standard InChI is InChI=1S/C17H21N5O2S/c1-19-17(21-12-15-7-4-10-25-15)22(18)16(24)8-3-9-20-13-5-2-6-14(23)11-13/h2-8,10-11,20,23H,9,12,18H2,1H3,(H,19,21)/b8-3+. The van der Waals surface area contributed by atoms with Crippen LogP contribution in [-0.4, -0.2) is 35.6 Å². The van der Waals surface area contributed by atoms with Crippen LogP contribution in [0.1, 0.15) is 4.88 Å². The van der Waals surface area contributed by atoms with Crippen LogP contribution in [0.5, 0.6) is 5.75 Å². The van der Waals surface area contributed by atoms with E-state index in [1.54, 1.807) is 42.7 Å². The van der Waals surface area contributed by atoms with E-state index in [1.807, 2.05) is 23.6 Å². The van der Waals surface area contributed by atoms with Crippen molar-refractivity contribution in [3.63, 3.8) is 0 Å². The summed E-state index contributed by atoms with van der Waals surface area (Å²) >= 11 is 1.61. The number of benzene rings is 1. The number of phenolic OH excluding ortho intramolecular Hbond substituents is 1. The number of rotatable bonds is 6. The van der Waals surface area contributed by atoms with Crippen LogP contribution >= 0.6 is 11.3 Å². The summed E-state index contributed by atoms with van der Waals surface area (Å²) in [6, 6.07) is 10.7. The van der Waals surface area contributed by atoms with Gasteiger partial charge in [-0.15, -0.1) is 11.3 Å². The van der Waals surface area contributed by atoms with Crippen LogP contribution in [-0.2, 0) is 11.3 Å². The van der Waals surface area contributed by atoms with Crippen molar-refractivity contribution >= 4 is 28.9 Å². The van der Waals surface area contributed by atoms with E-state index in [2.05, 4.69) is 15.6 Å². The van der Waals surface area contributed by atoms with E-state index in [9.17, 15) is 9.90 Å². The van der Waals surface area contributed by atoms with Gasteiger partial charge in [0, 0.05) is 36.3 Å². The minimum Gasteiger partial charge on any atom is -0.508 e. The van der Waals surface area contributed by atoms with Gasteiger partial charge in [0.2, 0.25) is 5.96 Å². The molecule has 0 aliphatic carbocycles. The molecule has 0 spiro atoms. The largest absolute Gasteiger partial charge is 0.508 e. The van der Waals surface area contributed by atoms with E-state index in [1.165, 1.54) is 6.08 Å². The third-order valence-corrected chi connectivity index (χ3v) is 4.09. The average Bonchev–Trinajstić information content (AvgIpc) is 3.12. The molecule has 0 unspecified atom stereocenters. The Kier molecular flexibility index (Phi) is 7.00. The van der Waals surface area contributed by atoms with E-state index < -0.39 is 5.91 Å². The van der Waals surface area contributed by atoms with Crippen molar-refractivity contribution in [1.29, 1.82) is 0 Å². The summed E-state index contributed by atoms with van der Waals surface area (Å²) in [7, 11) is 1.57. The average molecular weight is 359 g/mol. The Labute approximate surface area is 150 Å². The molecule has 2 rings (SSSR count). The lowest BCUT2D eigenvalue weighted by Gasteiger charge is -2.17. The van der Waals surface area contributed by atoms with E-state index in [4.69, 9.17) is 5.84 Å².